The fourth-order valence-electron chi connectivity index (χ4n) is 2.56. The number of rotatable bonds is 3. The smallest absolute Gasteiger partial charge is 0.225 e. The van der Waals surface area contributed by atoms with Crippen LogP contribution in [0.3, 0.4) is 0 Å². The molecule has 2 N–H and O–H groups in total. The lowest BCUT2D eigenvalue weighted by atomic mass is 10.1. The van der Waals surface area contributed by atoms with Crippen molar-refractivity contribution in [2.75, 3.05) is 18.0 Å². The third-order valence-corrected chi connectivity index (χ3v) is 3.87. The predicted molar refractivity (Wildman–Crippen MR) is 80.7 cm³/mol. The van der Waals surface area contributed by atoms with Crippen molar-refractivity contribution in [2.24, 2.45) is 5.73 Å². The van der Waals surface area contributed by atoms with Gasteiger partial charge in [0.05, 0.1) is 0 Å². The molecule has 1 aromatic carbocycles. The average molecular weight is 286 g/mol. The Morgan fingerprint density at radius 3 is 2.48 bits per heavy atom. The lowest BCUT2D eigenvalue weighted by Gasteiger charge is -2.30. The van der Waals surface area contributed by atoms with E-state index in [9.17, 15) is 4.39 Å². The number of nitrogens with two attached hydrogens (primary N) is 1. The SMILES string of the molecule is NC1CCN(c2ncc(Cc3ccccc3F)cn2)CC1. The number of benzene rings is 1. The number of piperidine rings is 1. The Labute approximate surface area is 123 Å². The van der Waals surface area contributed by atoms with Crippen LogP contribution in [-0.2, 0) is 6.42 Å². The first-order chi connectivity index (χ1) is 10.2. The molecule has 5 heteroatoms. The van der Waals surface area contributed by atoms with E-state index in [4.69, 9.17) is 5.73 Å². The van der Waals surface area contributed by atoms with Crippen LogP contribution < -0.4 is 10.6 Å². The fourth-order valence-corrected chi connectivity index (χ4v) is 2.56. The molecule has 3 rings (SSSR count). The zero-order chi connectivity index (χ0) is 14.7. The maximum absolute atomic E-state index is 13.6. The van der Waals surface area contributed by atoms with E-state index in [1.165, 1.54) is 6.07 Å². The quantitative estimate of drug-likeness (QED) is 0.939. The molecule has 110 valence electrons. The Hall–Kier alpha value is -2.01. The van der Waals surface area contributed by atoms with E-state index in [0.717, 1.165) is 37.4 Å². The summed E-state index contributed by atoms with van der Waals surface area (Å²) in [6, 6.07) is 7.09. The first-order valence-electron chi connectivity index (χ1n) is 7.27. The zero-order valence-corrected chi connectivity index (χ0v) is 11.9. The third kappa shape index (κ3) is 3.36. The molecule has 0 unspecified atom stereocenters. The summed E-state index contributed by atoms with van der Waals surface area (Å²) in [7, 11) is 0. The van der Waals surface area contributed by atoms with Crippen molar-refractivity contribution in [1.29, 1.82) is 0 Å². The second-order valence-corrected chi connectivity index (χ2v) is 5.48. The molecule has 4 nitrogen and oxygen atoms in total. The predicted octanol–water partition coefficient (Wildman–Crippen LogP) is 2.13. The van der Waals surface area contributed by atoms with Crippen LogP contribution in [0.4, 0.5) is 10.3 Å². The molecule has 1 fully saturated rings. The minimum atomic E-state index is -0.188. The van der Waals surface area contributed by atoms with E-state index in [2.05, 4.69) is 14.9 Å². The second-order valence-electron chi connectivity index (χ2n) is 5.48. The van der Waals surface area contributed by atoms with E-state index >= 15 is 0 Å². The Bertz CT molecular complexity index is 591. The van der Waals surface area contributed by atoms with Crippen LogP contribution in [0.15, 0.2) is 36.7 Å². The molecular formula is C16H19FN4. The van der Waals surface area contributed by atoms with Gasteiger partial charge in [0.15, 0.2) is 0 Å². The Morgan fingerprint density at radius 1 is 1.14 bits per heavy atom. The monoisotopic (exact) mass is 286 g/mol. The van der Waals surface area contributed by atoms with Crippen LogP contribution in [0.25, 0.3) is 0 Å². The van der Waals surface area contributed by atoms with Crippen LogP contribution in [0.1, 0.15) is 24.0 Å². The van der Waals surface area contributed by atoms with Crippen molar-refractivity contribution in [3.63, 3.8) is 0 Å². The minimum Gasteiger partial charge on any atom is -0.341 e. The molecule has 0 amide bonds. The van der Waals surface area contributed by atoms with Gasteiger partial charge in [0.2, 0.25) is 5.95 Å². The van der Waals surface area contributed by atoms with Gasteiger partial charge < -0.3 is 10.6 Å². The summed E-state index contributed by atoms with van der Waals surface area (Å²) in [5, 5.41) is 0. The molecule has 1 aromatic heterocycles. The van der Waals surface area contributed by atoms with Crippen molar-refractivity contribution in [2.45, 2.75) is 25.3 Å². The second kappa shape index (κ2) is 6.18. The van der Waals surface area contributed by atoms with Crippen molar-refractivity contribution in [3.05, 3.63) is 53.6 Å². The Kier molecular flexibility index (Phi) is 4.10. The Morgan fingerprint density at radius 2 is 1.81 bits per heavy atom. The summed E-state index contributed by atoms with van der Waals surface area (Å²) >= 11 is 0. The van der Waals surface area contributed by atoms with Crippen molar-refractivity contribution in [3.8, 4) is 0 Å². The summed E-state index contributed by atoms with van der Waals surface area (Å²) in [5.74, 6) is 0.547. The van der Waals surface area contributed by atoms with Crippen molar-refractivity contribution >= 4 is 5.95 Å². The number of hydrogen-bond donors (Lipinski definition) is 1. The normalized spacial score (nSPS) is 16.2. The van der Waals surface area contributed by atoms with Gasteiger partial charge in [-0.25, -0.2) is 14.4 Å². The molecular weight excluding hydrogens is 267 g/mol. The van der Waals surface area contributed by atoms with Crippen molar-refractivity contribution < 1.29 is 4.39 Å². The lowest BCUT2D eigenvalue weighted by molar-refractivity contribution is 0.495. The number of hydrogen-bond acceptors (Lipinski definition) is 4. The summed E-state index contributed by atoms with van der Waals surface area (Å²) in [6.45, 7) is 1.79. The highest BCUT2D eigenvalue weighted by atomic mass is 19.1. The molecule has 0 bridgehead atoms. The van der Waals surface area contributed by atoms with E-state index < -0.39 is 0 Å². The standard InChI is InChI=1S/C16H19FN4/c17-15-4-2-1-3-13(15)9-12-10-19-16(20-11-12)21-7-5-14(18)6-8-21/h1-4,10-11,14H,5-9,18H2. The number of halogens is 1. The van der Waals surface area contributed by atoms with E-state index in [0.29, 0.717) is 18.0 Å². The minimum absolute atomic E-state index is 0.188. The molecule has 2 aromatic rings. The molecule has 0 saturated carbocycles. The van der Waals surface area contributed by atoms with Crippen LogP contribution in [-0.4, -0.2) is 29.1 Å². The fraction of sp³-hybridized carbons (Fsp3) is 0.375. The van der Waals surface area contributed by atoms with Gasteiger partial charge in [0.1, 0.15) is 5.82 Å². The largest absolute Gasteiger partial charge is 0.341 e. The zero-order valence-electron chi connectivity index (χ0n) is 11.9. The highest BCUT2D eigenvalue weighted by Gasteiger charge is 2.18. The Balaban J connectivity index is 1.68. The third-order valence-electron chi connectivity index (χ3n) is 3.87. The van der Waals surface area contributed by atoms with Crippen LogP contribution in [0, 0.1) is 5.82 Å². The van der Waals surface area contributed by atoms with Gasteiger partial charge in [-0.2, -0.15) is 0 Å². The van der Waals surface area contributed by atoms with Gasteiger partial charge >= 0.3 is 0 Å². The van der Waals surface area contributed by atoms with E-state index in [1.54, 1.807) is 24.5 Å². The van der Waals surface area contributed by atoms with E-state index in [1.807, 2.05) is 6.07 Å². The molecule has 1 aliphatic heterocycles. The van der Waals surface area contributed by atoms with Gasteiger partial charge in [-0.3, -0.25) is 0 Å². The van der Waals surface area contributed by atoms with Crippen molar-refractivity contribution in [1.82, 2.24) is 9.97 Å². The highest BCUT2D eigenvalue weighted by Crippen LogP contribution is 2.16. The molecule has 0 spiro atoms. The maximum Gasteiger partial charge on any atom is 0.225 e. The van der Waals surface area contributed by atoms with Crippen LogP contribution in [0.2, 0.25) is 0 Å². The molecule has 1 saturated heterocycles. The van der Waals surface area contributed by atoms with Gasteiger partial charge in [0, 0.05) is 37.9 Å². The molecule has 1 aliphatic rings. The first-order valence-corrected chi connectivity index (χ1v) is 7.27. The van der Waals surface area contributed by atoms with Gasteiger partial charge in [-0.1, -0.05) is 18.2 Å². The highest BCUT2D eigenvalue weighted by molar-refractivity contribution is 5.32. The molecule has 0 aliphatic carbocycles. The van der Waals surface area contributed by atoms with E-state index in [-0.39, 0.29) is 5.82 Å². The number of anilines is 1. The van der Waals surface area contributed by atoms with Crippen LogP contribution in [0.5, 0.6) is 0 Å². The van der Waals surface area contributed by atoms with Crippen LogP contribution >= 0.6 is 0 Å². The number of nitrogens with zero attached hydrogens (tertiary/aromatic N) is 3. The average Bonchev–Trinajstić information content (AvgIpc) is 2.51. The first kappa shape index (κ1) is 13.9. The maximum atomic E-state index is 13.6. The number of aromatic nitrogens is 2. The topological polar surface area (TPSA) is 55.0 Å². The molecule has 21 heavy (non-hydrogen) atoms. The van der Waals surface area contributed by atoms with Gasteiger partial charge in [-0.05, 0) is 30.0 Å². The molecule has 2 heterocycles. The van der Waals surface area contributed by atoms with Gasteiger partial charge in [-0.15, -0.1) is 0 Å². The molecule has 0 atom stereocenters. The lowest BCUT2D eigenvalue weighted by Crippen LogP contribution is -2.40. The van der Waals surface area contributed by atoms with Gasteiger partial charge in [0.25, 0.3) is 0 Å². The summed E-state index contributed by atoms with van der Waals surface area (Å²) in [5.41, 5.74) is 7.48. The summed E-state index contributed by atoms with van der Waals surface area (Å²) in [4.78, 5) is 11.0. The molecule has 0 radical (unpaired) electrons. The summed E-state index contributed by atoms with van der Waals surface area (Å²) in [6.07, 6.45) is 6.02. The summed E-state index contributed by atoms with van der Waals surface area (Å²) < 4.78 is 13.6.